The first-order valence-electron chi connectivity index (χ1n) is 7.55. The summed E-state index contributed by atoms with van der Waals surface area (Å²) < 4.78 is 5.62. The zero-order valence-electron chi connectivity index (χ0n) is 11.3. The molecule has 0 N–H and O–H groups in total. The van der Waals surface area contributed by atoms with E-state index in [4.69, 9.17) is 4.74 Å². The largest absolute Gasteiger partial charge is 0.465 e. The normalized spacial score (nSPS) is 42.2. The highest BCUT2D eigenvalue weighted by Crippen LogP contribution is 2.48. The fourth-order valence-electron chi connectivity index (χ4n) is 4.07. The van der Waals surface area contributed by atoms with E-state index >= 15 is 0 Å². The first-order chi connectivity index (χ1) is 8.74. The van der Waals surface area contributed by atoms with Crippen molar-refractivity contribution in [2.24, 2.45) is 29.6 Å². The van der Waals surface area contributed by atoms with Crippen LogP contribution in [0.4, 0.5) is 0 Å². The highest BCUT2D eigenvalue weighted by molar-refractivity contribution is 5.73. The Morgan fingerprint density at radius 3 is 2.72 bits per heavy atom. The van der Waals surface area contributed by atoms with Crippen molar-refractivity contribution in [3.05, 3.63) is 12.2 Å². The van der Waals surface area contributed by atoms with Crippen LogP contribution in [-0.4, -0.2) is 12.6 Å². The molecule has 5 atom stereocenters. The molecule has 3 rings (SSSR count). The van der Waals surface area contributed by atoms with Gasteiger partial charge >= 0.3 is 5.97 Å². The van der Waals surface area contributed by atoms with E-state index in [9.17, 15) is 4.79 Å². The molecule has 0 spiro atoms. The minimum Gasteiger partial charge on any atom is -0.465 e. The van der Waals surface area contributed by atoms with Crippen LogP contribution in [0.3, 0.4) is 0 Å². The summed E-state index contributed by atoms with van der Waals surface area (Å²) in [6.07, 6.45) is 11.7. The van der Waals surface area contributed by atoms with Gasteiger partial charge in [-0.3, -0.25) is 4.79 Å². The van der Waals surface area contributed by atoms with E-state index in [0.29, 0.717) is 24.4 Å². The van der Waals surface area contributed by atoms with Crippen LogP contribution < -0.4 is 0 Å². The van der Waals surface area contributed by atoms with E-state index in [0.717, 1.165) is 25.2 Å². The van der Waals surface area contributed by atoms with Gasteiger partial charge in [-0.25, -0.2) is 0 Å². The standard InChI is InChI=1S/C16H24O2/c1-11-4-2-3-5-14(11)10-18-16(17)15-9-12-6-7-13(15)8-12/h2-3,11-15H,4-10H2,1H3. The fourth-order valence-corrected chi connectivity index (χ4v) is 4.07. The number of fused-ring (bicyclic) bond motifs is 2. The highest BCUT2D eigenvalue weighted by Gasteiger charge is 2.44. The van der Waals surface area contributed by atoms with Gasteiger partial charge in [0.25, 0.3) is 0 Å². The first kappa shape index (κ1) is 12.3. The van der Waals surface area contributed by atoms with Crippen molar-refractivity contribution in [1.82, 2.24) is 0 Å². The van der Waals surface area contributed by atoms with Crippen molar-refractivity contribution < 1.29 is 9.53 Å². The lowest BCUT2D eigenvalue weighted by molar-refractivity contribution is -0.152. The monoisotopic (exact) mass is 248 g/mol. The second-order valence-electron chi connectivity index (χ2n) is 6.59. The Labute approximate surface area is 110 Å². The van der Waals surface area contributed by atoms with Gasteiger partial charge < -0.3 is 4.74 Å². The lowest BCUT2D eigenvalue weighted by Crippen LogP contribution is -2.27. The molecule has 0 aromatic carbocycles. The Morgan fingerprint density at radius 2 is 2.06 bits per heavy atom. The number of hydrogen-bond acceptors (Lipinski definition) is 2. The van der Waals surface area contributed by atoms with Crippen molar-refractivity contribution in [2.75, 3.05) is 6.61 Å². The molecule has 5 unspecified atom stereocenters. The molecule has 0 aliphatic heterocycles. The van der Waals surface area contributed by atoms with Crippen LogP contribution in [0.15, 0.2) is 12.2 Å². The molecule has 2 nitrogen and oxygen atoms in total. The first-order valence-corrected chi connectivity index (χ1v) is 7.55. The van der Waals surface area contributed by atoms with E-state index in [2.05, 4.69) is 19.1 Å². The number of ether oxygens (including phenoxy) is 1. The summed E-state index contributed by atoms with van der Waals surface area (Å²) in [7, 11) is 0. The molecule has 0 radical (unpaired) electrons. The van der Waals surface area contributed by atoms with E-state index in [1.54, 1.807) is 0 Å². The number of allylic oxidation sites excluding steroid dienone is 2. The Morgan fingerprint density at radius 1 is 1.22 bits per heavy atom. The molecule has 0 aromatic rings. The molecule has 3 aliphatic rings. The molecule has 0 aromatic heterocycles. The van der Waals surface area contributed by atoms with Gasteiger partial charge in [0.1, 0.15) is 0 Å². The van der Waals surface area contributed by atoms with Gasteiger partial charge in [0.2, 0.25) is 0 Å². The number of carbonyl (C=O) groups excluding carboxylic acids is 1. The van der Waals surface area contributed by atoms with Gasteiger partial charge in [-0.2, -0.15) is 0 Å². The van der Waals surface area contributed by atoms with Crippen molar-refractivity contribution in [3.63, 3.8) is 0 Å². The molecule has 0 saturated heterocycles. The Hall–Kier alpha value is -0.790. The summed E-state index contributed by atoms with van der Waals surface area (Å²) in [5, 5.41) is 0. The molecular formula is C16H24O2. The predicted octanol–water partition coefficient (Wildman–Crippen LogP) is 3.57. The van der Waals surface area contributed by atoms with Crippen LogP contribution in [0.5, 0.6) is 0 Å². The summed E-state index contributed by atoms with van der Waals surface area (Å²) in [6.45, 7) is 2.90. The van der Waals surface area contributed by atoms with Gasteiger partial charge in [0, 0.05) is 0 Å². The van der Waals surface area contributed by atoms with Gasteiger partial charge in [-0.1, -0.05) is 25.5 Å². The van der Waals surface area contributed by atoms with Crippen LogP contribution in [-0.2, 0) is 9.53 Å². The SMILES string of the molecule is CC1CC=CCC1COC(=O)C1CC2CCC1C2. The van der Waals surface area contributed by atoms with Crippen LogP contribution >= 0.6 is 0 Å². The highest BCUT2D eigenvalue weighted by atomic mass is 16.5. The van der Waals surface area contributed by atoms with E-state index in [1.807, 2.05) is 0 Å². The quantitative estimate of drug-likeness (QED) is 0.564. The van der Waals surface area contributed by atoms with Crippen molar-refractivity contribution in [3.8, 4) is 0 Å². The lowest BCUT2D eigenvalue weighted by Gasteiger charge is -2.26. The van der Waals surface area contributed by atoms with Crippen molar-refractivity contribution >= 4 is 5.97 Å². The average Bonchev–Trinajstić information content (AvgIpc) is 2.99. The van der Waals surface area contributed by atoms with Crippen LogP contribution in [0.25, 0.3) is 0 Å². The molecule has 2 bridgehead atoms. The topological polar surface area (TPSA) is 26.3 Å². The van der Waals surface area contributed by atoms with Gasteiger partial charge in [0.05, 0.1) is 12.5 Å². The van der Waals surface area contributed by atoms with E-state index in [1.165, 1.54) is 19.3 Å². The number of hydrogen-bond donors (Lipinski definition) is 0. The minimum absolute atomic E-state index is 0.101. The second-order valence-corrected chi connectivity index (χ2v) is 6.59. The molecule has 2 fully saturated rings. The summed E-state index contributed by atoms with van der Waals surface area (Å²) >= 11 is 0. The molecule has 18 heavy (non-hydrogen) atoms. The summed E-state index contributed by atoms with van der Waals surface area (Å²) in [6, 6.07) is 0. The zero-order chi connectivity index (χ0) is 12.5. The van der Waals surface area contributed by atoms with E-state index < -0.39 is 0 Å². The van der Waals surface area contributed by atoms with Gasteiger partial charge in [-0.05, 0) is 55.8 Å². The number of rotatable bonds is 3. The average molecular weight is 248 g/mol. The van der Waals surface area contributed by atoms with Crippen LogP contribution in [0.1, 0.15) is 45.4 Å². The third-order valence-electron chi connectivity index (χ3n) is 5.40. The summed E-state index contributed by atoms with van der Waals surface area (Å²) in [5.41, 5.74) is 0. The third-order valence-corrected chi connectivity index (χ3v) is 5.40. The fraction of sp³-hybridized carbons (Fsp3) is 0.812. The summed E-state index contributed by atoms with van der Waals surface area (Å²) in [4.78, 5) is 12.1. The lowest BCUT2D eigenvalue weighted by atomic mass is 9.85. The minimum atomic E-state index is 0.101. The van der Waals surface area contributed by atoms with Gasteiger partial charge in [-0.15, -0.1) is 0 Å². The Bertz CT molecular complexity index is 347. The molecule has 3 aliphatic carbocycles. The second kappa shape index (κ2) is 5.07. The zero-order valence-corrected chi connectivity index (χ0v) is 11.3. The maximum atomic E-state index is 12.1. The van der Waals surface area contributed by atoms with Crippen molar-refractivity contribution in [1.29, 1.82) is 0 Å². The molecule has 100 valence electrons. The number of carbonyl (C=O) groups is 1. The van der Waals surface area contributed by atoms with Crippen LogP contribution in [0.2, 0.25) is 0 Å². The molecular weight excluding hydrogens is 224 g/mol. The maximum Gasteiger partial charge on any atom is 0.309 e. The molecule has 0 amide bonds. The van der Waals surface area contributed by atoms with Gasteiger partial charge in [0.15, 0.2) is 0 Å². The molecule has 2 heteroatoms. The Balaban J connectivity index is 1.48. The smallest absolute Gasteiger partial charge is 0.309 e. The Kier molecular flexibility index (Phi) is 3.45. The van der Waals surface area contributed by atoms with E-state index in [-0.39, 0.29) is 11.9 Å². The third kappa shape index (κ3) is 2.34. The maximum absolute atomic E-state index is 12.1. The van der Waals surface area contributed by atoms with Crippen molar-refractivity contribution in [2.45, 2.75) is 45.4 Å². The summed E-state index contributed by atoms with van der Waals surface area (Å²) in [5.74, 6) is 3.00. The number of esters is 1. The molecule has 2 saturated carbocycles. The van der Waals surface area contributed by atoms with Crippen LogP contribution in [0, 0.1) is 29.6 Å². The molecule has 0 heterocycles. The predicted molar refractivity (Wildman–Crippen MR) is 70.9 cm³/mol.